The molecule has 6 aliphatic rings. The number of hydrogen-bond donors (Lipinski definition) is 3. The van der Waals surface area contributed by atoms with Gasteiger partial charge in [0.25, 0.3) is 0 Å². The van der Waals surface area contributed by atoms with Crippen molar-refractivity contribution in [3.05, 3.63) is 77.0 Å². The fourth-order valence-electron chi connectivity index (χ4n) is 12.5. The Labute approximate surface area is 404 Å². The number of halogens is 4. The number of imide groups is 1. The van der Waals surface area contributed by atoms with Crippen LogP contribution < -0.4 is 19.9 Å². The van der Waals surface area contributed by atoms with Crippen LogP contribution in [0.1, 0.15) is 95.1 Å². The van der Waals surface area contributed by atoms with Gasteiger partial charge in [0.15, 0.2) is 5.82 Å². The van der Waals surface area contributed by atoms with E-state index in [0.717, 1.165) is 71.2 Å². The van der Waals surface area contributed by atoms with Gasteiger partial charge in [-0.25, -0.2) is 17.6 Å². The van der Waals surface area contributed by atoms with Crippen molar-refractivity contribution in [2.24, 2.45) is 10.8 Å². The van der Waals surface area contributed by atoms with Gasteiger partial charge < -0.3 is 29.6 Å². The number of pyridine rings is 1. The summed E-state index contributed by atoms with van der Waals surface area (Å²) in [5, 5.41) is 25.4. The van der Waals surface area contributed by atoms with Crippen LogP contribution in [0.3, 0.4) is 0 Å². The Morgan fingerprint density at radius 1 is 0.857 bits per heavy atom. The third-order valence-electron chi connectivity index (χ3n) is 16.4. The molecule has 2 amide bonds. The lowest BCUT2D eigenvalue weighted by Crippen LogP contribution is -2.60. The molecular formula is C53H60F4N8O5. The highest BCUT2D eigenvalue weighted by atomic mass is 19.1. The zero-order valence-electron chi connectivity index (χ0n) is 39.8. The van der Waals surface area contributed by atoms with Crippen molar-refractivity contribution in [2.45, 2.75) is 102 Å². The molecule has 5 aromatic rings. The van der Waals surface area contributed by atoms with Crippen LogP contribution in [-0.2, 0) is 16.0 Å². The predicted octanol–water partition coefficient (Wildman–Crippen LogP) is 7.77. The third kappa shape index (κ3) is 8.79. The molecule has 370 valence electrons. The quantitative estimate of drug-likeness (QED) is 0.0878. The first-order chi connectivity index (χ1) is 33.6. The van der Waals surface area contributed by atoms with E-state index in [1.165, 1.54) is 36.5 Å². The van der Waals surface area contributed by atoms with E-state index < -0.39 is 46.6 Å². The van der Waals surface area contributed by atoms with Crippen molar-refractivity contribution in [2.75, 3.05) is 75.3 Å². The van der Waals surface area contributed by atoms with Crippen molar-refractivity contribution in [1.29, 1.82) is 0 Å². The third-order valence-corrected chi connectivity index (χ3v) is 16.4. The van der Waals surface area contributed by atoms with Gasteiger partial charge in [-0.2, -0.15) is 9.97 Å². The van der Waals surface area contributed by atoms with Crippen molar-refractivity contribution >= 4 is 45.0 Å². The number of aromatic nitrogens is 3. The molecule has 3 aromatic carbocycles. The lowest BCUT2D eigenvalue weighted by molar-refractivity contribution is -0.134. The number of β-amino-alcohol motifs (C(OH)–C–C–N with tert-alkyl or cyclic N) is 1. The van der Waals surface area contributed by atoms with E-state index in [-0.39, 0.29) is 64.3 Å². The number of benzene rings is 3. The molecule has 70 heavy (non-hydrogen) atoms. The number of likely N-dealkylation sites (tertiary alicyclic amines) is 1. The van der Waals surface area contributed by atoms with E-state index in [2.05, 4.69) is 25.1 Å². The van der Waals surface area contributed by atoms with Crippen molar-refractivity contribution in [1.82, 2.24) is 30.1 Å². The number of carbonyl (C=O) groups excluding carboxylic acids is 2. The number of carbonyl (C=O) groups is 2. The van der Waals surface area contributed by atoms with Crippen LogP contribution in [0.5, 0.6) is 11.8 Å². The predicted molar refractivity (Wildman–Crippen MR) is 257 cm³/mol. The molecule has 3 N–H and O–H groups in total. The molecule has 1 spiro atoms. The maximum atomic E-state index is 17.1. The molecular weight excluding hydrogens is 905 g/mol. The molecule has 2 aliphatic carbocycles. The first-order valence-electron chi connectivity index (χ1n) is 25.0. The van der Waals surface area contributed by atoms with Gasteiger partial charge in [-0.05, 0) is 123 Å². The highest BCUT2D eigenvalue weighted by Gasteiger charge is 2.52. The number of amides is 2. The minimum atomic E-state index is -1.02. The number of nitrogens with one attached hydrogen (secondary N) is 1. The van der Waals surface area contributed by atoms with Gasteiger partial charge in [-0.3, -0.25) is 24.8 Å². The van der Waals surface area contributed by atoms with E-state index in [0.29, 0.717) is 84.8 Å². The molecule has 11 rings (SSSR count). The topological polar surface area (TPSA) is 147 Å². The number of nitrogens with zero attached hydrogens (tertiary/aromatic N) is 7. The standard InChI is InChI=1S/C53H60F4N8O5/c1-3-35-39(54)7-5-31-21-34(66)24-37(43(31)35)46-45(57)47-38(25-58-46)48(65-16-4-11-51(2,69)26-65)61-50(60-47)70-30-53(14-15-53)29-62-27-52(28-62)12-9-32(10-13-52)63-17-19-64(20-18-63)33-22-40(55)44(41(56)23-33)36-6-8-42(67)59-49(36)68/h5,7,21-25,32,36,66,69H,3-4,6,8-20,26-30H2,1-2H3,(H,59,67,68)/t36?,51-/m1/s1. The Bertz CT molecular complexity index is 2870. The molecule has 0 radical (unpaired) electrons. The monoisotopic (exact) mass is 964 g/mol. The number of phenolic OH excluding ortho intramolecular Hbond substituents is 1. The fourth-order valence-corrected chi connectivity index (χ4v) is 12.5. The second kappa shape index (κ2) is 17.9. The summed E-state index contributed by atoms with van der Waals surface area (Å²) < 4.78 is 69.4. The van der Waals surface area contributed by atoms with Gasteiger partial charge >= 0.3 is 6.01 Å². The maximum absolute atomic E-state index is 17.1. The summed E-state index contributed by atoms with van der Waals surface area (Å²) in [6, 6.07) is 9.01. The van der Waals surface area contributed by atoms with Crippen LogP contribution in [0.2, 0.25) is 0 Å². The minimum absolute atomic E-state index is 0.00252. The van der Waals surface area contributed by atoms with Crippen LogP contribution in [0.25, 0.3) is 32.9 Å². The summed E-state index contributed by atoms with van der Waals surface area (Å²) in [5.41, 5.74) is 0.0147. The number of aryl methyl sites for hydroxylation is 1. The largest absolute Gasteiger partial charge is 0.508 e. The molecule has 2 atom stereocenters. The average Bonchev–Trinajstić information content (AvgIpc) is 4.10. The summed E-state index contributed by atoms with van der Waals surface area (Å²) >= 11 is 0. The summed E-state index contributed by atoms with van der Waals surface area (Å²) in [5.74, 6) is -4.45. The number of aromatic hydroxyl groups is 1. The fraction of sp³-hybridized carbons (Fsp3) is 0.528. The number of ether oxygens (including phenoxy) is 1. The number of phenols is 1. The number of fused-ring (bicyclic) bond motifs is 2. The summed E-state index contributed by atoms with van der Waals surface area (Å²) in [4.78, 5) is 47.1. The Morgan fingerprint density at radius 2 is 1.60 bits per heavy atom. The Balaban J connectivity index is 0.731. The van der Waals surface area contributed by atoms with Crippen LogP contribution in [0.15, 0.2) is 42.6 Å². The lowest BCUT2D eigenvalue weighted by atomic mass is 9.67. The van der Waals surface area contributed by atoms with Crippen LogP contribution in [0, 0.1) is 34.1 Å². The van der Waals surface area contributed by atoms with Crippen molar-refractivity contribution < 1.29 is 42.1 Å². The SMILES string of the molecule is CCc1c(F)ccc2cc(O)cc(-c3ncc4c(N5CCC[C@@](C)(O)C5)nc(OCC5(CN6CC7(CCC(N8CCN(c9cc(F)c(C%10CCC(=O)NC%10=O)c(F)c9)CC8)CC7)C6)CC5)nc4c3F)c12. The average molecular weight is 965 g/mol. The van der Waals surface area contributed by atoms with Gasteiger partial charge in [0, 0.05) is 99.8 Å². The molecule has 0 bridgehead atoms. The first kappa shape index (κ1) is 46.7. The Hall–Kier alpha value is -5.65. The second-order valence-electron chi connectivity index (χ2n) is 21.5. The minimum Gasteiger partial charge on any atom is -0.508 e. The number of piperazine rings is 1. The lowest BCUT2D eigenvalue weighted by Gasteiger charge is -2.55. The van der Waals surface area contributed by atoms with Crippen LogP contribution in [-0.4, -0.2) is 124 Å². The molecule has 2 saturated carbocycles. The number of anilines is 2. The van der Waals surface area contributed by atoms with Crippen molar-refractivity contribution in [3.63, 3.8) is 0 Å². The molecule has 4 aliphatic heterocycles. The van der Waals surface area contributed by atoms with E-state index in [4.69, 9.17) is 9.72 Å². The zero-order chi connectivity index (χ0) is 48.7. The maximum Gasteiger partial charge on any atom is 0.319 e. The van der Waals surface area contributed by atoms with E-state index in [9.17, 15) is 19.8 Å². The van der Waals surface area contributed by atoms with E-state index in [1.807, 2.05) is 16.7 Å². The Morgan fingerprint density at radius 3 is 2.29 bits per heavy atom. The van der Waals surface area contributed by atoms with E-state index in [1.54, 1.807) is 13.0 Å². The van der Waals surface area contributed by atoms with Crippen LogP contribution >= 0.6 is 0 Å². The molecule has 6 heterocycles. The van der Waals surface area contributed by atoms with Gasteiger partial charge in [-0.1, -0.05) is 13.0 Å². The van der Waals surface area contributed by atoms with Crippen LogP contribution in [0.4, 0.5) is 29.1 Å². The van der Waals surface area contributed by atoms with Crippen molar-refractivity contribution in [3.8, 4) is 23.0 Å². The molecule has 13 nitrogen and oxygen atoms in total. The summed E-state index contributed by atoms with van der Waals surface area (Å²) in [6.07, 6.45) is 9.81. The zero-order valence-corrected chi connectivity index (χ0v) is 39.8. The summed E-state index contributed by atoms with van der Waals surface area (Å²) in [7, 11) is 0. The number of piperidine rings is 2. The molecule has 2 aromatic heterocycles. The smallest absolute Gasteiger partial charge is 0.319 e. The van der Waals surface area contributed by atoms with E-state index >= 15 is 17.6 Å². The highest BCUT2D eigenvalue weighted by Crippen LogP contribution is 2.52. The number of rotatable bonds is 11. The van der Waals surface area contributed by atoms with Gasteiger partial charge in [0.05, 0.1) is 23.5 Å². The number of aliphatic hydroxyl groups is 1. The first-order valence-corrected chi connectivity index (χ1v) is 25.0. The second-order valence-corrected chi connectivity index (χ2v) is 21.5. The van der Waals surface area contributed by atoms with Gasteiger partial charge in [0.1, 0.15) is 40.2 Å². The molecule has 17 heteroatoms. The Kier molecular flexibility index (Phi) is 11.9. The number of hydrogen-bond acceptors (Lipinski definition) is 12. The molecule has 1 unspecified atom stereocenters. The molecule has 4 saturated heterocycles. The molecule has 6 fully saturated rings. The van der Waals surface area contributed by atoms with Gasteiger partial charge in [0.2, 0.25) is 11.8 Å². The van der Waals surface area contributed by atoms with Gasteiger partial charge in [-0.15, -0.1) is 0 Å². The normalized spacial score (nSPS) is 24.1. The summed E-state index contributed by atoms with van der Waals surface area (Å²) in [6.45, 7) is 10.7. The highest BCUT2D eigenvalue weighted by molar-refractivity contribution is 6.02.